The third-order valence-corrected chi connectivity index (χ3v) is 8.99. The molecule has 0 aliphatic rings. The third-order valence-electron chi connectivity index (χ3n) is 8.99. The van der Waals surface area contributed by atoms with Gasteiger partial charge in [-0.25, -0.2) is 4.39 Å². The SMILES string of the molecule is Cc1cc2ccc3cc(-c4c5ccccc5c(-c5ccc6cc(F)ccc6c5)c5ccccc45)cc4ccc(c1)c2c34. The van der Waals surface area contributed by atoms with E-state index in [0.29, 0.717) is 0 Å². The van der Waals surface area contributed by atoms with Gasteiger partial charge in [-0.1, -0.05) is 103 Å². The van der Waals surface area contributed by atoms with E-state index in [2.05, 4.69) is 116 Å². The first-order valence-electron chi connectivity index (χ1n) is 14.5. The van der Waals surface area contributed by atoms with E-state index in [0.717, 1.165) is 16.3 Å². The molecular formula is C41H25F. The van der Waals surface area contributed by atoms with Crippen LogP contribution in [0.3, 0.4) is 0 Å². The zero-order valence-electron chi connectivity index (χ0n) is 23.1. The van der Waals surface area contributed by atoms with Gasteiger partial charge in [-0.15, -0.1) is 0 Å². The van der Waals surface area contributed by atoms with E-state index in [1.807, 2.05) is 12.1 Å². The molecule has 1 heteroatoms. The average Bonchev–Trinajstić information content (AvgIpc) is 3.01. The number of hydrogen-bond acceptors (Lipinski definition) is 0. The second-order valence-electron chi connectivity index (χ2n) is 11.6. The lowest BCUT2D eigenvalue weighted by molar-refractivity contribution is 0.630. The number of fused-ring (bicyclic) bond motifs is 3. The van der Waals surface area contributed by atoms with Gasteiger partial charge in [0.15, 0.2) is 0 Å². The third kappa shape index (κ3) is 3.34. The topological polar surface area (TPSA) is 0 Å². The van der Waals surface area contributed by atoms with Crippen LogP contribution in [0.1, 0.15) is 5.56 Å². The van der Waals surface area contributed by atoms with Crippen molar-refractivity contribution in [1.29, 1.82) is 0 Å². The van der Waals surface area contributed by atoms with Crippen molar-refractivity contribution in [2.75, 3.05) is 0 Å². The zero-order valence-corrected chi connectivity index (χ0v) is 23.1. The Morgan fingerprint density at radius 3 is 1.33 bits per heavy atom. The Kier molecular flexibility index (Phi) is 4.81. The highest BCUT2D eigenvalue weighted by Crippen LogP contribution is 2.46. The molecule has 0 aromatic heterocycles. The first-order chi connectivity index (χ1) is 20.6. The first kappa shape index (κ1) is 23.4. The lowest BCUT2D eigenvalue weighted by atomic mass is 9.84. The Morgan fingerprint density at radius 2 is 0.786 bits per heavy atom. The van der Waals surface area contributed by atoms with Crippen molar-refractivity contribution in [3.63, 3.8) is 0 Å². The van der Waals surface area contributed by atoms with Crippen LogP contribution in [0, 0.1) is 12.7 Å². The van der Waals surface area contributed by atoms with Gasteiger partial charge in [0.05, 0.1) is 0 Å². The molecule has 9 rings (SSSR count). The number of benzene rings is 9. The molecule has 0 atom stereocenters. The quantitative estimate of drug-likeness (QED) is 0.152. The maximum Gasteiger partial charge on any atom is 0.123 e. The smallest absolute Gasteiger partial charge is 0.123 e. The van der Waals surface area contributed by atoms with Crippen LogP contribution in [0.4, 0.5) is 4.39 Å². The molecule has 0 N–H and O–H groups in total. The number of halogens is 1. The van der Waals surface area contributed by atoms with Crippen molar-refractivity contribution in [2.45, 2.75) is 6.92 Å². The molecule has 0 bridgehead atoms. The summed E-state index contributed by atoms with van der Waals surface area (Å²) in [7, 11) is 0. The largest absolute Gasteiger partial charge is 0.207 e. The Balaban J connectivity index is 1.38. The summed E-state index contributed by atoms with van der Waals surface area (Å²) in [6, 6.07) is 47.3. The van der Waals surface area contributed by atoms with Gasteiger partial charge in [-0.3, -0.25) is 0 Å². The molecule has 0 nitrogen and oxygen atoms in total. The second kappa shape index (κ2) is 8.61. The van der Waals surface area contributed by atoms with E-state index in [1.165, 1.54) is 76.1 Å². The summed E-state index contributed by atoms with van der Waals surface area (Å²) in [6.45, 7) is 2.17. The molecule has 0 heterocycles. The average molecular weight is 537 g/mol. The summed E-state index contributed by atoms with van der Waals surface area (Å²) >= 11 is 0. The number of aryl methyl sites for hydroxylation is 1. The number of hydrogen-bond donors (Lipinski definition) is 0. The van der Waals surface area contributed by atoms with Crippen molar-refractivity contribution in [3.05, 3.63) is 145 Å². The van der Waals surface area contributed by atoms with Gasteiger partial charge in [0.1, 0.15) is 5.82 Å². The van der Waals surface area contributed by atoms with E-state index in [1.54, 1.807) is 12.1 Å². The van der Waals surface area contributed by atoms with E-state index >= 15 is 0 Å². The Labute approximate surface area is 242 Å². The molecule has 196 valence electrons. The molecular weight excluding hydrogens is 511 g/mol. The van der Waals surface area contributed by atoms with Crippen molar-refractivity contribution in [3.8, 4) is 22.3 Å². The van der Waals surface area contributed by atoms with Gasteiger partial charge >= 0.3 is 0 Å². The Bertz CT molecular complexity index is 2410. The van der Waals surface area contributed by atoms with Gasteiger partial charge in [-0.2, -0.15) is 0 Å². The van der Waals surface area contributed by atoms with Gasteiger partial charge in [-0.05, 0) is 130 Å². The van der Waals surface area contributed by atoms with Crippen LogP contribution in [0.2, 0.25) is 0 Å². The maximum absolute atomic E-state index is 13.9. The minimum absolute atomic E-state index is 0.209. The van der Waals surface area contributed by atoms with Crippen LogP contribution in [0.25, 0.3) is 86.9 Å². The zero-order chi connectivity index (χ0) is 27.9. The monoisotopic (exact) mass is 536 g/mol. The van der Waals surface area contributed by atoms with Crippen molar-refractivity contribution >= 4 is 64.6 Å². The fraction of sp³-hybridized carbons (Fsp3) is 0.0244. The standard InChI is InChI=1S/C41H25F/c1-24-18-27-12-14-29-21-32(22-30-15-13-28(19-24)38(27)39(29)30)41-36-8-4-2-6-34(36)40(35-7-3-5-9-37(35)41)31-11-10-26-23-33(42)17-16-25(26)20-31/h2-23H,1H3. The molecule has 0 unspecified atom stereocenters. The van der Waals surface area contributed by atoms with Crippen LogP contribution in [-0.4, -0.2) is 0 Å². The van der Waals surface area contributed by atoms with Crippen LogP contribution in [-0.2, 0) is 0 Å². The molecule has 0 spiro atoms. The van der Waals surface area contributed by atoms with Crippen LogP contribution in [0.15, 0.2) is 133 Å². The Hall–Kier alpha value is -5.27. The Morgan fingerprint density at radius 1 is 0.381 bits per heavy atom. The number of rotatable bonds is 2. The van der Waals surface area contributed by atoms with E-state index in [9.17, 15) is 4.39 Å². The highest BCUT2D eigenvalue weighted by Gasteiger charge is 2.18. The van der Waals surface area contributed by atoms with Crippen LogP contribution < -0.4 is 0 Å². The lowest BCUT2D eigenvalue weighted by Gasteiger charge is -2.19. The van der Waals surface area contributed by atoms with Gasteiger partial charge in [0.25, 0.3) is 0 Å². The second-order valence-corrected chi connectivity index (χ2v) is 11.6. The van der Waals surface area contributed by atoms with Gasteiger partial charge in [0, 0.05) is 0 Å². The lowest BCUT2D eigenvalue weighted by Crippen LogP contribution is -1.92. The fourth-order valence-corrected chi connectivity index (χ4v) is 7.26. The van der Waals surface area contributed by atoms with Crippen LogP contribution in [0.5, 0.6) is 0 Å². The molecule has 0 fully saturated rings. The van der Waals surface area contributed by atoms with E-state index in [4.69, 9.17) is 0 Å². The molecule has 0 radical (unpaired) electrons. The molecule has 0 saturated heterocycles. The first-order valence-corrected chi connectivity index (χ1v) is 14.5. The van der Waals surface area contributed by atoms with E-state index < -0.39 is 0 Å². The summed E-state index contributed by atoms with van der Waals surface area (Å²) in [4.78, 5) is 0. The predicted octanol–water partition coefficient (Wildman–Crippen LogP) is 11.8. The molecule has 0 saturated carbocycles. The summed E-state index contributed by atoms with van der Waals surface area (Å²) < 4.78 is 13.9. The van der Waals surface area contributed by atoms with Gasteiger partial charge in [0.2, 0.25) is 0 Å². The van der Waals surface area contributed by atoms with Crippen molar-refractivity contribution in [2.24, 2.45) is 0 Å². The summed E-state index contributed by atoms with van der Waals surface area (Å²) in [5, 5.41) is 14.7. The minimum Gasteiger partial charge on any atom is -0.207 e. The summed E-state index contributed by atoms with van der Waals surface area (Å²) in [5.74, 6) is -0.209. The molecule has 0 aliphatic heterocycles. The molecule has 9 aromatic rings. The highest BCUT2D eigenvalue weighted by molar-refractivity contribution is 6.26. The van der Waals surface area contributed by atoms with Crippen molar-refractivity contribution < 1.29 is 4.39 Å². The van der Waals surface area contributed by atoms with Crippen molar-refractivity contribution in [1.82, 2.24) is 0 Å². The van der Waals surface area contributed by atoms with Gasteiger partial charge < -0.3 is 0 Å². The highest BCUT2D eigenvalue weighted by atomic mass is 19.1. The minimum atomic E-state index is -0.209. The summed E-state index contributed by atoms with van der Waals surface area (Å²) in [5.41, 5.74) is 6.13. The summed E-state index contributed by atoms with van der Waals surface area (Å²) in [6.07, 6.45) is 0. The molecule has 0 aliphatic carbocycles. The predicted molar refractivity (Wildman–Crippen MR) is 178 cm³/mol. The van der Waals surface area contributed by atoms with Crippen LogP contribution >= 0.6 is 0 Å². The normalized spacial score (nSPS) is 12.0. The molecule has 9 aromatic carbocycles. The molecule has 0 amide bonds. The molecule has 42 heavy (non-hydrogen) atoms. The fourth-order valence-electron chi connectivity index (χ4n) is 7.26. The van der Waals surface area contributed by atoms with E-state index in [-0.39, 0.29) is 5.82 Å². The maximum atomic E-state index is 13.9.